The fraction of sp³-hybridized carbons (Fsp3) is 0.333. The summed E-state index contributed by atoms with van der Waals surface area (Å²) in [6.07, 6.45) is 0. The molecule has 0 saturated carbocycles. The van der Waals surface area contributed by atoms with E-state index in [2.05, 4.69) is 5.32 Å². The van der Waals surface area contributed by atoms with E-state index in [1.807, 2.05) is 29.5 Å². The first-order valence-electron chi connectivity index (χ1n) is 4.45. The minimum Gasteiger partial charge on any atom is -0.381 e. The van der Waals surface area contributed by atoms with E-state index in [-0.39, 0.29) is 11.7 Å². The maximum Gasteiger partial charge on any atom is 0.282 e. The molecule has 82 valence electrons. The standard InChI is InChI=1S/C9H12IN3O2/c1-6(5-11)12-7-2-3-9(13(14)15)8(10)4-7/h2-4,6,12H,5,11H2,1H3. The van der Waals surface area contributed by atoms with Gasteiger partial charge in [-0.2, -0.15) is 0 Å². The van der Waals surface area contributed by atoms with E-state index in [1.54, 1.807) is 12.1 Å². The van der Waals surface area contributed by atoms with Crippen LogP contribution in [0.2, 0.25) is 0 Å². The van der Waals surface area contributed by atoms with Crippen LogP contribution >= 0.6 is 22.6 Å². The summed E-state index contributed by atoms with van der Waals surface area (Å²) in [5.74, 6) is 0. The first kappa shape index (κ1) is 12.2. The number of rotatable bonds is 4. The van der Waals surface area contributed by atoms with Gasteiger partial charge < -0.3 is 11.1 Å². The number of benzene rings is 1. The average Bonchev–Trinajstić information content (AvgIpc) is 2.17. The molecule has 0 aliphatic rings. The van der Waals surface area contributed by atoms with Crippen molar-refractivity contribution in [1.82, 2.24) is 0 Å². The van der Waals surface area contributed by atoms with Crippen LogP contribution in [-0.2, 0) is 0 Å². The van der Waals surface area contributed by atoms with Crippen LogP contribution in [0.4, 0.5) is 11.4 Å². The molecule has 5 nitrogen and oxygen atoms in total. The second-order valence-electron chi connectivity index (χ2n) is 3.20. The molecule has 0 saturated heterocycles. The Morgan fingerprint density at radius 2 is 2.33 bits per heavy atom. The van der Waals surface area contributed by atoms with Crippen molar-refractivity contribution in [2.24, 2.45) is 5.73 Å². The van der Waals surface area contributed by atoms with Crippen molar-refractivity contribution >= 4 is 34.0 Å². The monoisotopic (exact) mass is 321 g/mol. The number of nitrogens with zero attached hydrogens (tertiary/aromatic N) is 1. The van der Waals surface area contributed by atoms with Crippen molar-refractivity contribution in [2.75, 3.05) is 11.9 Å². The number of anilines is 1. The molecular weight excluding hydrogens is 309 g/mol. The summed E-state index contributed by atoms with van der Waals surface area (Å²) in [5, 5.41) is 13.7. The number of hydrogen-bond acceptors (Lipinski definition) is 4. The number of nitro benzene ring substituents is 1. The fourth-order valence-corrected chi connectivity index (χ4v) is 1.80. The minimum absolute atomic E-state index is 0.126. The highest BCUT2D eigenvalue weighted by Crippen LogP contribution is 2.24. The first-order valence-corrected chi connectivity index (χ1v) is 5.53. The highest BCUT2D eigenvalue weighted by Gasteiger charge is 2.11. The first-order chi connectivity index (χ1) is 7.04. The average molecular weight is 321 g/mol. The lowest BCUT2D eigenvalue weighted by molar-refractivity contribution is -0.385. The molecule has 0 aromatic heterocycles. The zero-order valence-corrected chi connectivity index (χ0v) is 10.4. The van der Waals surface area contributed by atoms with Crippen LogP contribution in [0.3, 0.4) is 0 Å². The van der Waals surface area contributed by atoms with Crippen LogP contribution in [0.5, 0.6) is 0 Å². The van der Waals surface area contributed by atoms with Gasteiger partial charge >= 0.3 is 0 Å². The Bertz CT molecular complexity index is 370. The molecule has 0 radical (unpaired) electrons. The second-order valence-corrected chi connectivity index (χ2v) is 4.37. The predicted octanol–water partition coefficient (Wildman–Crippen LogP) is 1.96. The summed E-state index contributed by atoms with van der Waals surface area (Å²) in [6, 6.07) is 5.08. The van der Waals surface area contributed by atoms with Gasteiger partial charge in [-0.25, -0.2) is 0 Å². The Labute approximate surface area is 101 Å². The molecule has 0 bridgehead atoms. The predicted molar refractivity (Wildman–Crippen MR) is 68.0 cm³/mol. The third-order valence-corrected chi connectivity index (χ3v) is 2.78. The quantitative estimate of drug-likeness (QED) is 0.505. The molecule has 3 N–H and O–H groups in total. The molecule has 0 heterocycles. The maximum atomic E-state index is 10.6. The normalized spacial score (nSPS) is 12.2. The Morgan fingerprint density at radius 1 is 1.67 bits per heavy atom. The summed E-state index contributed by atoms with van der Waals surface area (Å²) >= 11 is 1.95. The lowest BCUT2D eigenvalue weighted by Gasteiger charge is -2.12. The number of nitro groups is 1. The van der Waals surface area contributed by atoms with E-state index in [9.17, 15) is 10.1 Å². The van der Waals surface area contributed by atoms with E-state index in [1.165, 1.54) is 6.07 Å². The van der Waals surface area contributed by atoms with Gasteiger partial charge in [-0.3, -0.25) is 10.1 Å². The van der Waals surface area contributed by atoms with Gasteiger partial charge in [0.2, 0.25) is 0 Å². The van der Waals surface area contributed by atoms with Crippen LogP contribution in [0, 0.1) is 13.7 Å². The van der Waals surface area contributed by atoms with Gasteiger partial charge in [0.15, 0.2) is 0 Å². The summed E-state index contributed by atoms with van der Waals surface area (Å²) in [6.45, 7) is 2.47. The number of nitrogens with one attached hydrogen (secondary N) is 1. The zero-order valence-electron chi connectivity index (χ0n) is 8.24. The Balaban J connectivity index is 2.87. The molecule has 0 aliphatic heterocycles. The third-order valence-electron chi connectivity index (χ3n) is 1.91. The van der Waals surface area contributed by atoms with Gasteiger partial charge in [0, 0.05) is 24.3 Å². The van der Waals surface area contributed by atoms with Crippen molar-refractivity contribution < 1.29 is 4.92 Å². The highest BCUT2D eigenvalue weighted by atomic mass is 127. The largest absolute Gasteiger partial charge is 0.381 e. The van der Waals surface area contributed by atoms with Crippen molar-refractivity contribution in [2.45, 2.75) is 13.0 Å². The number of halogens is 1. The van der Waals surface area contributed by atoms with Gasteiger partial charge in [-0.05, 0) is 41.6 Å². The van der Waals surface area contributed by atoms with E-state index < -0.39 is 4.92 Å². The molecule has 1 unspecified atom stereocenters. The molecular formula is C9H12IN3O2. The summed E-state index contributed by atoms with van der Waals surface area (Å²) < 4.78 is 0.617. The van der Waals surface area contributed by atoms with E-state index in [0.717, 1.165) is 5.69 Å². The van der Waals surface area contributed by atoms with Gasteiger partial charge in [0.1, 0.15) is 0 Å². The zero-order chi connectivity index (χ0) is 11.4. The van der Waals surface area contributed by atoms with Crippen LogP contribution in [0.1, 0.15) is 6.92 Å². The molecule has 0 spiro atoms. The molecule has 0 amide bonds. The van der Waals surface area contributed by atoms with Crippen LogP contribution in [0.15, 0.2) is 18.2 Å². The minimum atomic E-state index is -0.391. The fourth-order valence-electron chi connectivity index (χ4n) is 1.09. The Kier molecular flexibility index (Phi) is 4.28. The number of hydrogen-bond donors (Lipinski definition) is 2. The SMILES string of the molecule is CC(CN)Nc1ccc([N+](=O)[O-])c(I)c1. The highest BCUT2D eigenvalue weighted by molar-refractivity contribution is 14.1. The van der Waals surface area contributed by atoms with Crippen molar-refractivity contribution in [3.63, 3.8) is 0 Å². The van der Waals surface area contributed by atoms with E-state index in [0.29, 0.717) is 10.1 Å². The van der Waals surface area contributed by atoms with Gasteiger partial charge in [0.25, 0.3) is 5.69 Å². The molecule has 1 atom stereocenters. The van der Waals surface area contributed by atoms with E-state index in [4.69, 9.17) is 5.73 Å². The smallest absolute Gasteiger partial charge is 0.282 e. The van der Waals surface area contributed by atoms with Crippen molar-refractivity contribution in [3.05, 3.63) is 31.9 Å². The third kappa shape index (κ3) is 3.31. The molecule has 6 heteroatoms. The van der Waals surface area contributed by atoms with Crippen LogP contribution < -0.4 is 11.1 Å². The molecule has 0 aliphatic carbocycles. The van der Waals surface area contributed by atoms with Crippen LogP contribution in [0.25, 0.3) is 0 Å². The van der Waals surface area contributed by atoms with Gasteiger partial charge in [-0.1, -0.05) is 0 Å². The molecule has 15 heavy (non-hydrogen) atoms. The number of nitrogens with two attached hydrogens (primary N) is 1. The molecule has 0 fully saturated rings. The summed E-state index contributed by atoms with van der Waals surface area (Å²) in [5.41, 5.74) is 6.44. The van der Waals surface area contributed by atoms with Gasteiger partial charge in [-0.15, -0.1) is 0 Å². The molecule has 1 aromatic rings. The maximum absolute atomic E-state index is 10.6. The Hall–Kier alpha value is -0.890. The van der Waals surface area contributed by atoms with Crippen LogP contribution in [-0.4, -0.2) is 17.5 Å². The molecule has 1 aromatic carbocycles. The lowest BCUT2D eigenvalue weighted by atomic mass is 10.2. The topological polar surface area (TPSA) is 81.2 Å². The van der Waals surface area contributed by atoms with Crippen molar-refractivity contribution in [1.29, 1.82) is 0 Å². The van der Waals surface area contributed by atoms with E-state index >= 15 is 0 Å². The molecule has 1 rings (SSSR count). The Morgan fingerprint density at radius 3 is 2.80 bits per heavy atom. The second kappa shape index (κ2) is 5.26. The lowest BCUT2D eigenvalue weighted by Crippen LogP contribution is -2.25. The summed E-state index contributed by atoms with van der Waals surface area (Å²) in [7, 11) is 0. The van der Waals surface area contributed by atoms with Gasteiger partial charge in [0.05, 0.1) is 8.49 Å². The summed E-state index contributed by atoms with van der Waals surface area (Å²) in [4.78, 5) is 10.2. The van der Waals surface area contributed by atoms with Crippen molar-refractivity contribution in [3.8, 4) is 0 Å².